The summed E-state index contributed by atoms with van der Waals surface area (Å²) >= 11 is 0. The van der Waals surface area contributed by atoms with Gasteiger partial charge in [0.25, 0.3) is 0 Å². The van der Waals surface area contributed by atoms with E-state index in [1.54, 1.807) is 0 Å². The number of primary amides is 1. The summed E-state index contributed by atoms with van der Waals surface area (Å²) in [6, 6.07) is 0.270. The lowest BCUT2D eigenvalue weighted by Gasteiger charge is -2.26. The van der Waals surface area contributed by atoms with Gasteiger partial charge in [0.1, 0.15) is 0 Å². The van der Waals surface area contributed by atoms with Crippen molar-refractivity contribution in [1.29, 1.82) is 0 Å². The van der Waals surface area contributed by atoms with Gasteiger partial charge >= 0.3 is 0 Å². The molecular weight excluding hydrogens is 230 g/mol. The summed E-state index contributed by atoms with van der Waals surface area (Å²) in [5.41, 5.74) is 10.9. The van der Waals surface area contributed by atoms with Gasteiger partial charge in [-0.15, -0.1) is 0 Å². The predicted molar refractivity (Wildman–Crippen MR) is 70.6 cm³/mol. The Hall–Kier alpha value is -1.10. The van der Waals surface area contributed by atoms with Crippen LogP contribution >= 0.6 is 0 Å². The maximum absolute atomic E-state index is 11.7. The van der Waals surface area contributed by atoms with Gasteiger partial charge < -0.3 is 16.8 Å². The van der Waals surface area contributed by atoms with Crippen molar-refractivity contribution >= 4 is 11.8 Å². The molecule has 104 valence electrons. The van der Waals surface area contributed by atoms with Crippen LogP contribution in [0.15, 0.2) is 0 Å². The van der Waals surface area contributed by atoms with Crippen molar-refractivity contribution in [3.8, 4) is 0 Å². The molecule has 0 aromatic carbocycles. The molecule has 5 heteroatoms. The van der Waals surface area contributed by atoms with Crippen LogP contribution < -0.4 is 16.8 Å². The summed E-state index contributed by atoms with van der Waals surface area (Å²) < 4.78 is 0. The number of hydrogen-bond donors (Lipinski definition) is 3. The van der Waals surface area contributed by atoms with Crippen LogP contribution in [0.1, 0.15) is 51.4 Å². The maximum Gasteiger partial charge on any atom is 0.220 e. The SMILES string of the molecule is NC(=O)CCCCNC(=O)CC1CCCC(N)C1. The normalized spacial score (nSPS) is 23.6. The summed E-state index contributed by atoms with van der Waals surface area (Å²) in [6.07, 6.45) is 6.83. The lowest BCUT2D eigenvalue weighted by Crippen LogP contribution is -2.32. The highest BCUT2D eigenvalue weighted by molar-refractivity contribution is 5.76. The standard InChI is InChI=1S/C13H25N3O2/c14-11-5-3-4-10(8-11)9-13(18)16-7-2-1-6-12(15)17/h10-11H,1-9,14H2,(H2,15,17)(H,16,18). The predicted octanol–water partition coefficient (Wildman–Crippen LogP) is 0.666. The Morgan fingerprint density at radius 1 is 1.22 bits per heavy atom. The van der Waals surface area contributed by atoms with Gasteiger partial charge in [0.15, 0.2) is 0 Å². The topological polar surface area (TPSA) is 98.2 Å². The number of carbonyl (C=O) groups excluding carboxylic acids is 2. The van der Waals surface area contributed by atoms with E-state index in [1.165, 1.54) is 0 Å². The first-order chi connectivity index (χ1) is 8.58. The molecule has 1 aliphatic rings. The van der Waals surface area contributed by atoms with Crippen LogP contribution in [0, 0.1) is 5.92 Å². The fraction of sp³-hybridized carbons (Fsp3) is 0.846. The quantitative estimate of drug-likeness (QED) is 0.583. The number of rotatable bonds is 7. The average Bonchev–Trinajstić information content (AvgIpc) is 2.28. The third-order valence-electron chi connectivity index (χ3n) is 3.47. The molecular formula is C13H25N3O2. The molecule has 0 saturated heterocycles. The lowest BCUT2D eigenvalue weighted by molar-refractivity contribution is -0.122. The van der Waals surface area contributed by atoms with Crippen LogP contribution in [-0.2, 0) is 9.59 Å². The molecule has 18 heavy (non-hydrogen) atoms. The second kappa shape index (κ2) is 8.08. The Morgan fingerprint density at radius 2 is 2.00 bits per heavy atom. The number of nitrogens with one attached hydrogen (secondary N) is 1. The van der Waals surface area contributed by atoms with E-state index in [-0.39, 0.29) is 17.9 Å². The number of amides is 2. The van der Waals surface area contributed by atoms with E-state index in [1.807, 2.05) is 0 Å². The van der Waals surface area contributed by atoms with Crippen LogP contribution in [0.3, 0.4) is 0 Å². The van der Waals surface area contributed by atoms with Gasteiger partial charge in [-0.3, -0.25) is 9.59 Å². The third kappa shape index (κ3) is 6.59. The summed E-state index contributed by atoms with van der Waals surface area (Å²) in [7, 11) is 0. The van der Waals surface area contributed by atoms with E-state index in [0.29, 0.717) is 25.3 Å². The Balaban J connectivity index is 2.04. The van der Waals surface area contributed by atoms with Crippen LogP contribution in [0.25, 0.3) is 0 Å². The van der Waals surface area contributed by atoms with Crippen molar-refractivity contribution in [3.63, 3.8) is 0 Å². The van der Waals surface area contributed by atoms with Crippen LogP contribution in [0.2, 0.25) is 0 Å². The monoisotopic (exact) mass is 255 g/mol. The van der Waals surface area contributed by atoms with Crippen molar-refractivity contribution < 1.29 is 9.59 Å². The minimum Gasteiger partial charge on any atom is -0.370 e. The Morgan fingerprint density at radius 3 is 2.67 bits per heavy atom. The molecule has 1 rings (SSSR count). The highest BCUT2D eigenvalue weighted by Crippen LogP contribution is 2.25. The summed E-state index contributed by atoms with van der Waals surface area (Å²) in [5.74, 6) is 0.269. The molecule has 0 heterocycles. The highest BCUT2D eigenvalue weighted by atomic mass is 16.1. The molecule has 2 atom stereocenters. The van der Waals surface area contributed by atoms with Crippen molar-refractivity contribution in [1.82, 2.24) is 5.32 Å². The Bertz CT molecular complexity index is 281. The smallest absolute Gasteiger partial charge is 0.220 e. The zero-order chi connectivity index (χ0) is 13.4. The van der Waals surface area contributed by atoms with Crippen LogP contribution in [-0.4, -0.2) is 24.4 Å². The molecule has 0 radical (unpaired) electrons. The van der Waals surface area contributed by atoms with Gasteiger partial charge in [0.2, 0.25) is 11.8 Å². The van der Waals surface area contributed by atoms with Gasteiger partial charge in [0, 0.05) is 25.4 Å². The van der Waals surface area contributed by atoms with Gasteiger partial charge in [-0.1, -0.05) is 6.42 Å². The summed E-state index contributed by atoms with van der Waals surface area (Å²) in [4.78, 5) is 22.2. The Labute approximate surface area is 109 Å². The molecule has 0 spiro atoms. The van der Waals surface area contributed by atoms with E-state index < -0.39 is 0 Å². The second-order valence-electron chi connectivity index (χ2n) is 5.27. The number of carbonyl (C=O) groups is 2. The lowest BCUT2D eigenvalue weighted by atomic mass is 9.84. The van der Waals surface area contributed by atoms with Crippen molar-refractivity contribution in [3.05, 3.63) is 0 Å². The van der Waals surface area contributed by atoms with E-state index >= 15 is 0 Å². The molecule has 5 N–H and O–H groups in total. The number of unbranched alkanes of at least 4 members (excludes halogenated alkanes) is 1. The molecule has 0 aliphatic heterocycles. The van der Waals surface area contributed by atoms with Crippen LogP contribution in [0.5, 0.6) is 0 Å². The number of nitrogens with two attached hydrogens (primary N) is 2. The summed E-state index contributed by atoms with van der Waals surface area (Å²) in [6.45, 7) is 0.630. The van der Waals surface area contributed by atoms with Gasteiger partial charge in [-0.2, -0.15) is 0 Å². The molecule has 5 nitrogen and oxygen atoms in total. The molecule has 2 unspecified atom stereocenters. The molecule has 1 saturated carbocycles. The number of hydrogen-bond acceptors (Lipinski definition) is 3. The summed E-state index contributed by atoms with van der Waals surface area (Å²) in [5, 5.41) is 2.89. The molecule has 0 aromatic heterocycles. The molecule has 1 fully saturated rings. The van der Waals surface area contributed by atoms with E-state index in [9.17, 15) is 9.59 Å². The first-order valence-electron chi connectivity index (χ1n) is 6.88. The minimum atomic E-state index is -0.280. The average molecular weight is 255 g/mol. The van der Waals surface area contributed by atoms with Crippen LogP contribution in [0.4, 0.5) is 0 Å². The second-order valence-corrected chi connectivity index (χ2v) is 5.27. The fourth-order valence-electron chi connectivity index (χ4n) is 2.50. The third-order valence-corrected chi connectivity index (χ3v) is 3.47. The molecule has 0 aromatic rings. The van der Waals surface area contributed by atoms with Crippen molar-refractivity contribution in [2.75, 3.05) is 6.54 Å². The largest absolute Gasteiger partial charge is 0.370 e. The zero-order valence-electron chi connectivity index (χ0n) is 11.0. The van der Waals surface area contributed by atoms with Gasteiger partial charge in [0.05, 0.1) is 0 Å². The molecule has 1 aliphatic carbocycles. The van der Waals surface area contributed by atoms with Gasteiger partial charge in [-0.25, -0.2) is 0 Å². The molecule has 0 bridgehead atoms. The van der Waals surface area contributed by atoms with E-state index in [0.717, 1.165) is 38.5 Å². The zero-order valence-corrected chi connectivity index (χ0v) is 11.0. The first kappa shape index (κ1) is 15.0. The van der Waals surface area contributed by atoms with E-state index in [2.05, 4.69) is 5.32 Å². The molecule has 2 amide bonds. The van der Waals surface area contributed by atoms with E-state index in [4.69, 9.17) is 11.5 Å². The fourth-order valence-corrected chi connectivity index (χ4v) is 2.50. The highest BCUT2D eigenvalue weighted by Gasteiger charge is 2.21. The maximum atomic E-state index is 11.7. The van der Waals surface area contributed by atoms with Crippen molar-refractivity contribution in [2.24, 2.45) is 17.4 Å². The van der Waals surface area contributed by atoms with Gasteiger partial charge in [-0.05, 0) is 38.0 Å². The van der Waals surface area contributed by atoms with Crippen molar-refractivity contribution in [2.45, 2.75) is 57.4 Å². The minimum absolute atomic E-state index is 0.105. The Kier molecular flexibility index (Phi) is 6.72. The first-order valence-corrected chi connectivity index (χ1v) is 6.88.